The molecular weight excluding hydrogens is 217 g/mol. The second kappa shape index (κ2) is 4.39. The van der Waals surface area contributed by atoms with Crippen LogP contribution in [0.4, 0.5) is 4.39 Å². The Morgan fingerprint density at radius 3 is 2.65 bits per heavy atom. The van der Waals surface area contributed by atoms with E-state index in [2.05, 4.69) is 25.7 Å². The molecule has 0 spiro atoms. The van der Waals surface area contributed by atoms with E-state index in [1.165, 1.54) is 6.07 Å². The lowest BCUT2D eigenvalue weighted by molar-refractivity contribution is 0.104. The molecule has 1 aromatic rings. The molecule has 1 aliphatic heterocycles. The molecule has 0 aromatic heterocycles. The third-order valence-electron chi connectivity index (χ3n) is 3.37. The maximum absolute atomic E-state index is 13.3. The minimum atomic E-state index is -0.317. The average molecular weight is 237 g/mol. The summed E-state index contributed by atoms with van der Waals surface area (Å²) >= 11 is 0. The molecule has 2 rings (SSSR count). The van der Waals surface area contributed by atoms with E-state index in [4.69, 9.17) is 0 Å². The van der Waals surface area contributed by atoms with Crippen LogP contribution in [-0.4, -0.2) is 28.2 Å². The molecule has 1 N–H and O–H groups in total. The van der Waals surface area contributed by atoms with E-state index in [0.717, 1.165) is 5.56 Å². The zero-order valence-electron chi connectivity index (χ0n) is 10.7. The molecule has 0 aliphatic carbocycles. The van der Waals surface area contributed by atoms with Crippen LogP contribution in [0.5, 0.6) is 0 Å². The van der Waals surface area contributed by atoms with Crippen molar-refractivity contribution in [2.24, 2.45) is 0 Å². The summed E-state index contributed by atoms with van der Waals surface area (Å²) in [4.78, 5) is 2.24. The highest BCUT2D eigenvalue weighted by atomic mass is 19.1. The number of aliphatic hydroxyl groups excluding tert-OH is 1. The van der Waals surface area contributed by atoms with Crippen molar-refractivity contribution in [3.63, 3.8) is 0 Å². The van der Waals surface area contributed by atoms with Gasteiger partial charge < -0.3 is 5.11 Å². The molecular formula is C14H20FNO. The van der Waals surface area contributed by atoms with E-state index < -0.39 is 0 Å². The van der Waals surface area contributed by atoms with Gasteiger partial charge in [-0.05, 0) is 44.9 Å². The third kappa shape index (κ3) is 2.67. The first-order valence-corrected chi connectivity index (χ1v) is 6.08. The maximum atomic E-state index is 13.3. The highest BCUT2D eigenvalue weighted by Gasteiger charge is 2.38. The lowest BCUT2D eigenvalue weighted by atomic mass is 9.99. The van der Waals surface area contributed by atoms with Crippen molar-refractivity contribution in [1.82, 2.24) is 4.90 Å². The van der Waals surface area contributed by atoms with E-state index in [9.17, 15) is 9.50 Å². The topological polar surface area (TPSA) is 23.5 Å². The molecule has 17 heavy (non-hydrogen) atoms. The van der Waals surface area contributed by atoms with Crippen LogP contribution in [0.25, 0.3) is 0 Å². The second-order valence-electron chi connectivity index (χ2n) is 5.78. The quantitative estimate of drug-likeness (QED) is 0.812. The third-order valence-corrected chi connectivity index (χ3v) is 3.37. The Morgan fingerprint density at radius 1 is 1.35 bits per heavy atom. The molecule has 3 heteroatoms. The molecule has 1 aliphatic rings. The Bertz CT molecular complexity index is 399. The molecule has 0 unspecified atom stereocenters. The highest BCUT2D eigenvalue weighted by molar-refractivity contribution is 5.22. The van der Waals surface area contributed by atoms with Gasteiger partial charge >= 0.3 is 0 Å². The first-order valence-electron chi connectivity index (χ1n) is 6.08. The van der Waals surface area contributed by atoms with Crippen molar-refractivity contribution < 1.29 is 9.50 Å². The van der Waals surface area contributed by atoms with Gasteiger partial charge in [-0.25, -0.2) is 4.39 Å². The van der Waals surface area contributed by atoms with Crippen LogP contribution in [0, 0.1) is 5.82 Å². The lowest BCUT2D eigenvalue weighted by Gasteiger charge is -2.37. The minimum Gasteiger partial charge on any atom is -0.392 e. The molecule has 0 bridgehead atoms. The summed E-state index contributed by atoms with van der Waals surface area (Å²) in [6.07, 6.45) is 0.364. The van der Waals surface area contributed by atoms with Gasteiger partial charge in [0.15, 0.2) is 0 Å². The number of likely N-dealkylation sites (tertiary alicyclic amines) is 1. The number of rotatable bonds is 1. The summed E-state index contributed by atoms with van der Waals surface area (Å²) in [7, 11) is 0. The number of nitrogens with zero attached hydrogens (tertiary/aromatic N) is 1. The van der Waals surface area contributed by atoms with Crippen molar-refractivity contribution >= 4 is 0 Å². The highest BCUT2D eigenvalue weighted by Crippen LogP contribution is 2.37. The number of β-amino-alcohol motifs (C(OH)–C–C–N with tert-alkyl or cyclic N) is 1. The van der Waals surface area contributed by atoms with Gasteiger partial charge in [0, 0.05) is 18.1 Å². The largest absolute Gasteiger partial charge is 0.392 e. The Morgan fingerprint density at radius 2 is 2.06 bits per heavy atom. The number of aliphatic hydroxyl groups is 1. The number of benzene rings is 1. The first kappa shape index (κ1) is 12.5. The fourth-order valence-electron chi connectivity index (χ4n) is 2.59. The van der Waals surface area contributed by atoms with Crippen LogP contribution in [0.1, 0.15) is 38.8 Å². The summed E-state index contributed by atoms with van der Waals surface area (Å²) < 4.78 is 13.3. The predicted molar refractivity (Wildman–Crippen MR) is 66.2 cm³/mol. The van der Waals surface area contributed by atoms with Crippen molar-refractivity contribution in [3.8, 4) is 0 Å². The van der Waals surface area contributed by atoms with Crippen molar-refractivity contribution in [2.45, 2.75) is 44.9 Å². The molecule has 0 amide bonds. The summed E-state index contributed by atoms with van der Waals surface area (Å²) in [6.45, 7) is 7.02. The van der Waals surface area contributed by atoms with Crippen LogP contribution in [0.3, 0.4) is 0 Å². The molecule has 2 nitrogen and oxygen atoms in total. The van der Waals surface area contributed by atoms with E-state index in [0.29, 0.717) is 13.0 Å². The Hall–Kier alpha value is -0.930. The zero-order chi connectivity index (χ0) is 12.6. The molecule has 1 aromatic carbocycles. The summed E-state index contributed by atoms with van der Waals surface area (Å²) in [5, 5.41) is 9.83. The van der Waals surface area contributed by atoms with E-state index >= 15 is 0 Å². The first-order chi connectivity index (χ1) is 7.88. The Balaban J connectivity index is 2.30. The van der Waals surface area contributed by atoms with Crippen molar-refractivity contribution in [2.75, 3.05) is 6.54 Å². The molecule has 0 radical (unpaired) electrons. The molecule has 2 atom stereocenters. The van der Waals surface area contributed by atoms with Crippen molar-refractivity contribution in [3.05, 3.63) is 35.6 Å². The van der Waals surface area contributed by atoms with Crippen LogP contribution >= 0.6 is 0 Å². The van der Waals surface area contributed by atoms with Gasteiger partial charge in [-0.2, -0.15) is 0 Å². The fraction of sp³-hybridized carbons (Fsp3) is 0.571. The smallest absolute Gasteiger partial charge is 0.123 e. The van der Waals surface area contributed by atoms with Gasteiger partial charge in [0.2, 0.25) is 0 Å². The molecule has 0 saturated carbocycles. The van der Waals surface area contributed by atoms with Gasteiger partial charge in [-0.1, -0.05) is 12.1 Å². The molecule has 1 heterocycles. The lowest BCUT2D eigenvalue weighted by Crippen LogP contribution is -2.41. The standard InChI is InChI=1S/C14H20FNO/c1-14(2,3)16-9-12(17)8-13(16)10-5-4-6-11(15)7-10/h4-7,12-13,17H,8-9H2,1-3H3/t12-,13-/m1/s1. The van der Waals surface area contributed by atoms with Crippen LogP contribution in [-0.2, 0) is 0 Å². The second-order valence-corrected chi connectivity index (χ2v) is 5.78. The molecule has 94 valence electrons. The van der Waals surface area contributed by atoms with Crippen LogP contribution < -0.4 is 0 Å². The molecule has 1 saturated heterocycles. The summed E-state index contributed by atoms with van der Waals surface area (Å²) in [5.41, 5.74) is 0.936. The van der Waals surface area contributed by atoms with Gasteiger partial charge in [-0.15, -0.1) is 0 Å². The van der Waals surface area contributed by atoms with Crippen LogP contribution in [0.2, 0.25) is 0 Å². The number of halogens is 1. The van der Waals surface area contributed by atoms with Crippen LogP contribution in [0.15, 0.2) is 24.3 Å². The van der Waals surface area contributed by atoms with Gasteiger partial charge in [0.1, 0.15) is 5.82 Å². The normalized spacial score (nSPS) is 26.4. The van der Waals surface area contributed by atoms with Crippen molar-refractivity contribution in [1.29, 1.82) is 0 Å². The van der Waals surface area contributed by atoms with Gasteiger partial charge in [0.25, 0.3) is 0 Å². The van der Waals surface area contributed by atoms with E-state index in [1.54, 1.807) is 12.1 Å². The summed E-state index contributed by atoms with van der Waals surface area (Å²) in [5.74, 6) is -0.210. The maximum Gasteiger partial charge on any atom is 0.123 e. The van der Waals surface area contributed by atoms with Gasteiger partial charge in [-0.3, -0.25) is 4.90 Å². The Labute approximate surface area is 102 Å². The van der Waals surface area contributed by atoms with E-state index in [-0.39, 0.29) is 23.5 Å². The SMILES string of the molecule is CC(C)(C)N1C[C@H](O)C[C@@H]1c1cccc(F)c1. The monoisotopic (exact) mass is 237 g/mol. The minimum absolute atomic E-state index is 0.0194. The van der Waals surface area contributed by atoms with E-state index in [1.807, 2.05) is 6.07 Å². The number of hydrogen-bond donors (Lipinski definition) is 1. The van der Waals surface area contributed by atoms with Gasteiger partial charge in [0.05, 0.1) is 6.10 Å². The summed E-state index contributed by atoms with van der Waals surface area (Å²) in [6, 6.07) is 6.80. The zero-order valence-corrected chi connectivity index (χ0v) is 10.7. The number of hydrogen-bond acceptors (Lipinski definition) is 2. The average Bonchev–Trinajstić information content (AvgIpc) is 2.60. The fourth-order valence-corrected chi connectivity index (χ4v) is 2.59. The Kier molecular flexibility index (Phi) is 3.23. The molecule has 1 fully saturated rings. The predicted octanol–water partition coefficient (Wildman–Crippen LogP) is 2.73.